The maximum Gasteiger partial charge on any atom is 0.445 e. The molecule has 0 aromatic heterocycles. The molecule has 128 valence electrons. The molecule has 4 nitrogen and oxygen atoms in total. The Hall–Kier alpha value is 0.0900. The molecule has 0 spiro atoms. The van der Waals surface area contributed by atoms with E-state index in [4.69, 9.17) is 0 Å². The molecule has 22 heavy (non-hydrogen) atoms. The minimum atomic E-state index is -5.77. The van der Waals surface area contributed by atoms with Crippen molar-refractivity contribution in [3.05, 3.63) is 0 Å². The quantitative estimate of drug-likeness (QED) is 0.426. The number of halogens is 8. The van der Waals surface area contributed by atoms with Crippen LogP contribution in [-0.4, -0.2) is 48.6 Å². The lowest BCUT2D eigenvalue weighted by atomic mass is 9.69. The molecular formula is C10H8Br2F6O4. The largest absolute Gasteiger partial charge is 0.445 e. The van der Waals surface area contributed by atoms with Gasteiger partial charge in [-0.2, -0.15) is 26.3 Å². The number of Topliss-reactive ketones (excluding diaryl/α,β-unsaturated/α-hetero) is 1. The van der Waals surface area contributed by atoms with E-state index in [1.165, 1.54) is 0 Å². The molecule has 0 amide bonds. The molecule has 2 bridgehead atoms. The molecule has 2 aliphatic rings. The average Bonchev–Trinajstić information content (AvgIpc) is 2.31. The third-order valence-electron chi connectivity index (χ3n) is 3.90. The van der Waals surface area contributed by atoms with Gasteiger partial charge in [0.25, 0.3) is 11.6 Å². The summed E-state index contributed by atoms with van der Waals surface area (Å²) in [4.78, 5) is 12.3. The first-order valence-electron chi connectivity index (χ1n) is 5.78. The van der Waals surface area contributed by atoms with E-state index in [1.54, 1.807) is 0 Å². The molecule has 0 radical (unpaired) electrons. The summed E-state index contributed by atoms with van der Waals surface area (Å²) in [7, 11) is 0. The summed E-state index contributed by atoms with van der Waals surface area (Å²) >= 11 is 4.82. The Balaban J connectivity index is 2.76. The third-order valence-corrected chi connectivity index (χ3v) is 6.49. The Bertz CT molecular complexity index is 483. The number of ether oxygens (including phenoxy) is 1. The number of carbonyl (C=O) groups is 1. The lowest BCUT2D eigenvalue weighted by molar-refractivity contribution is -0.489. The number of ketones is 1. The lowest BCUT2D eigenvalue weighted by Crippen LogP contribution is -2.83. The standard InChI is InChI=1S/C10H8Br2F6O4/c11-5-2-1-3-6(12,4(5)19)8(21,10(16,17)18)22-7(5,20)9(13,14)15/h20-21H,1-3H2/t5-,6+,7+,8-. The first kappa shape index (κ1) is 18.4. The van der Waals surface area contributed by atoms with E-state index in [-0.39, 0.29) is 6.42 Å². The number of rotatable bonds is 0. The van der Waals surface area contributed by atoms with E-state index < -0.39 is 51.2 Å². The molecule has 0 unspecified atom stereocenters. The van der Waals surface area contributed by atoms with Crippen LogP contribution in [-0.2, 0) is 9.53 Å². The van der Waals surface area contributed by atoms with E-state index in [0.29, 0.717) is 0 Å². The van der Waals surface area contributed by atoms with Crippen LogP contribution in [0.15, 0.2) is 0 Å². The van der Waals surface area contributed by atoms with Gasteiger partial charge in [-0.25, -0.2) is 0 Å². The monoisotopic (exact) mass is 464 g/mol. The second kappa shape index (κ2) is 4.58. The fraction of sp³-hybridized carbons (Fsp3) is 0.900. The topological polar surface area (TPSA) is 66.8 Å². The number of hydrogen-bond donors (Lipinski definition) is 2. The van der Waals surface area contributed by atoms with Crippen molar-refractivity contribution >= 4 is 37.6 Å². The van der Waals surface area contributed by atoms with Crippen molar-refractivity contribution in [2.75, 3.05) is 0 Å². The predicted octanol–water partition coefficient (Wildman–Crippen LogP) is 2.54. The molecule has 12 heteroatoms. The van der Waals surface area contributed by atoms with Crippen molar-refractivity contribution < 1.29 is 46.1 Å². The third kappa shape index (κ3) is 1.90. The summed E-state index contributed by atoms with van der Waals surface area (Å²) in [5.41, 5.74) is 0. The SMILES string of the molecule is O=C1[C@]2(Br)CCC[C@@]1(Br)[C@](O)(C(F)(F)F)O[C@]2(O)C(F)(F)F. The van der Waals surface area contributed by atoms with E-state index in [2.05, 4.69) is 36.6 Å². The van der Waals surface area contributed by atoms with Crippen LogP contribution in [0.25, 0.3) is 0 Å². The van der Waals surface area contributed by atoms with Gasteiger partial charge in [-0.1, -0.05) is 31.9 Å². The zero-order valence-corrected chi connectivity index (χ0v) is 13.5. The van der Waals surface area contributed by atoms with Gasteiger partial charge < -0.3 is 10.2 Å². The Morgan fingerprint density at radius 1 is 0.909 bits per heavy atom. The molecule has 1 aliphatic heterocycles. The Kier molecular flexibility index (Phi) is 3.84. The predicted molar refractivity (Wildman–Crippen MR) is 65.3 cm³/mol. The molecule has 2 fully saturated rings. The number of aliphatic hydroxyl groups is 2. The molecular weight excluding hydrogens is 458 g/mol. The van der Waals surface area contributed by atoms with Gasteiger partial charge in [-0.3, -0.25) is 9.53 Å². The van der Waals surface area contributed by atoms with Gasteiger partial charge in [0.05, 0.1) is 0 Å². The summed E-state index contributed by atoms with van der Waals surface area (Å²) in [6.45, 7) is 0. The van der Waals surface area contributed by atoms with Crippen LogP contribution < -0.4 is 0 Å². The van der Waals surface area contributed by atoms with E-state index in [1.807, 2.05) is 0 Å². The van der Waals surface area contributed by atoms with Gasteiger partial charge in [0.15, 0.2) is 5.78 Å². The Morgan fingerprint density at radius 3 is 1.50 bits per heavy atom. The van der Waals surface area contributed by atoms with Crippen molar-refractivity contribution in [2.45, 2.75) is 51.8 Å². The van der Waals surface area contributed by atoms with E-state index in [9.17, 15) is 41.4 Å². The first-order valence-corrected chi connectivity index (χ1v) is 7.36. The molecule has 1 aliphatic carbocycles. The Morgan fingerprint density at radius 2 is 1.23 bits per heavy atom. The zero-order valence-electron chi connectivity index (χ0n) is 10.4. The summed E-state index contributed by atoms with van der Waals surface area (Å²) < 4.78 is 76.9. The van der Waals surface area contributed by atoms with Crippen molar-refractivity contribution in [3.63, 3.8) is 0 Å². The molecule has 0 aromatic rings. The number of alkyl halides is 8. The highest BCUT2D eigenvalue weighted by molar-refractivity contribution is 9.11. The number of fused-ring (bicyclic) bond motifs is 2. The average molecular weight is 466 g/mol. The first-order chi connectivity index (χ1) is 9.57. The minimum Gasteiger partial charge on any atom is -0.357 e. The number of hydrogen-bond acceptors (Lipinski definition) is 4. The van der Waals surface area contributed by atoms with Crippen LogP contribution in [0.1, 0.15) is 19.3 Å². The fourth-order valence-corrected chi connectivity index (χ4v) is 4.82. The number of carbonyl (C=O) groups excluding carboxylic acids is 1. The molecule has 1 heterocycles. The van der Waals surface area contributed by atoms with Crippen molar-refractivity contribution in [1.82, 2.24) is 0 Å². The van der Waals surface area contributed by atoms with Gasteiger partial charge in [0.1, 0.15) is 8.65 Å². The van der Waals surface area contributed by atoms with Crippen LogP contribution in [0.5, 0.6) is 0 Å². The van der Waals surface area contributed by atoms with Crippen LogP contribution in [0, 0.1) is 0 Å². The van der Waals surface area contributed by atoms with Gasteiger partial charge >= 0.3 is 12.4 Å². The van der Waals surface area contributed by atoms with Gasteiger partial charge in [-0.15, -0.1) is 0 Å². The molecule has 2 rings (SSSR count). The van der Waals surface area contributed by atoms with Crippen molar-refractivity contribution in [3.8, 4) is 0 Å². The molecule has 2 N–H and O–H groups in total. The highest BCUT2D eigenvalue weighted by atomic mass is 79.9. The van der Waals surface area contributed by atoms with Crippen molar-refractivity contribution in [2.24, 2.45) is 0 Å². The van der Waals surface area contributed by atoms with Crippen LogP contribution in [0.4, 0.5) is 26.3 Å². The zero-order chi connectivity index (χ0) is 17.4. The van der Waals surface area contributed by atoms with Gasteiger partial charge in [-0.05, 0) is 19.3 Å². The van der Waals surface area contributed by atoms with E-state index in [0.717, 1.165) is 0 Å². The van der Waals surface area contributed by atoms with Gasteiger partial charge in [0, 0.05) is 0 Å². The molecule has 4 atom stereocenters. The van der Waals surface area contributed by atoms with Crippen LogP contribution in [0.2, 0.25) is 0 Å². The van der Waals surface area contributed by atoms with E-state index >= 15 is 0 Å². The Labute approximate surface area is 136 Å². The van der Waals surface area contributed by atoms with Gasteiger partial charge in [0.2, 0.25) is 0 Å². The summed E-state index contributed by atoms with van der Waals surface area (Å²) in [5, 5.41) is 19.5. The molecule has 1 saturated heterocycles. The van der Waals surface area contributed by atoms with Crippen LogP contribution in [0.3, 0.4) is 0 Å². The summed E-state index contributed by atoms with van der Waals surface area (Å²) in [6, 6.07) is 0. The minimum absolute atomic E-state index is 0.303. The summed E-state index contributed by atoms with van der Waals surface area (Å²) in [5.74, 6) is -10.8. The molecule has 1 saturated carbocycles. The summed E-state index contributed by atoms with van der Waals surface area (Å²) in [6.07, 6.45) is -13.1. The fourth-order valence-electron chi connectivity index (χ4n) is 2.70. The second-order valence-electron chi connectivity index (χ2n) is 5.17. The molecule has 0 aromatic carbocycles. The normalized spacial score (nSPS) is 46.7. The highest BCUT2D eigenvalue weighted by Gasteiger charge is 2.86. The smallest absolute Gasteiger partial charge is 0.357 e. The lowest BCUT2D eigenvalue weighted by Gasteiger charge is -2.59. The second-order valence-corrected chi connectivity index (χ2v) is 7.88. The van der Waals surface area contributed by atoms with Crippen LogP contribution >= 0.6 is 31.9 Å². The highest BCUT2D eigenvalue weighted by Crippen LogP contribution is 2.64. The van der Waals surface area contributed by atoms with Crippen molar-refractivity contribution in [1.29, 1.82) is 0 Å². The maximum absolute atomic E-state index is 13.1. The maximum atomic E-state index is 13.1.